The summed E-state index contributed by atoms with van der Waals surface area (Å²) in [6.07, 6.45) is 0.139. The number of ether oxygens (including phenoxy) is 2. The highest BCUT2D eigenvalue weighted by Crippen LogP contribution is 2.27. The van der Waals surface area contributed by atoms with E-state index in [9.17, 15) is 9.59 Å². The first-order chi connectivity index (χ1) is 11.1. The van der Waals surface area contributed by atoms with Gasteiger partial charge in [0.05, 0.1) is 38.0 Å². The zero-order valence-corrected chi connectivity index (χ0v) is 14.9. The Labute approximate surface area is 143 Å². The van der Waals surface area contributed by atoms with Crippen LogP contribution in [0.5, 0.6) is 0 Å². The first kappa shape index (κ1) is 18.2. The van der Waals surface area contributed by atoms with Gasteiger partial charge in [0.2, 0.25) is 5.91 Å². The summed E-state index contributed by atoms with van der Waals surface area (Å²) < 4.78 is 12.9. The molecule has 1 aliphatic heterocycles. The molecule has 1 aromatic heterocycles. The number of hydrogen-bond donors (Lipinski definition) is 1. The Morgan fingerprint density at radius 3 is 3.09 bits per heavy atom. The Balaban J connectivity index is 1.90. The molecular formula is C14H21N3O4S2. The Kier molecular flexibility index (Phi) is 7.28. The van der Waals surface area contributed by atoms with Crippen LogP contribution in [0.15, 0.2) is 9.72 Å². The summed E-state index contributed by atoms with van der Waals surface area (Å²) in [5.74, 6) is -0.342. The number of rotatable bonds is 7. The first-order valence-corrected chi connectivity index (χ1v) is 9.12. The van der Waals surface area contributed by atoms with E-state index in [4.69, 9.17) is 9.47 Å². The van der Waals surface area contributed by atoms with Gasteiger partial charge in [0.1, 0.15) is 0 Å². The summed E-state index contributed by atoms with van der Waals surface area (Å²) in [5, 5.41) is 5.06. The lowest BCUT2D eigenvalue weighted by Gasteiger charge is -2.28. The zero-order chi connectivity index (χ0) is 16.7. The minimum absolute atomic E-state index is 0.0147. The van der Waals surface area contributed by atoms with E-state index in [1.807, 2.05) is 5.38 Å². The lowest BCUT2D eigenvalue weighted by Crippen LogP contribution is -2.44. The van der Waals surface area contributed by atoms with Crippen LogP contribution in [0, 0.1) is 0 Å². The van der Waals surface area contributed by atoms with E-state index < -0.39 is 0 Å². The van der Waals surface area contributed by atoms with Crippen LogP contribution in [0.25, 0.3) is 0 Å². The summed E-state index contributed by atoms with van der Waals surface area (Å²) >= 11 is 2.69. The van der Waals surface area contributed by atoms with E-state index in [1.54, 1.807) is 11.2 Å². The molecule has 1 aromatic rings. The van der Waals surface area contributed by atoms with E-state index >= 15 is 0 Å². The number of hydrogen-bond acceptors (Lipinski definition) is 8. The van der Waals surface area contributed by atoms with Crippen LogP contribution >= 0.6 is 23.3 Å². The molecule has 23 heavy (non-hydrogen) atoms. The average molecular weight is 359 g/mol. The maximum absolute atomic E-state index is 11.8. The normalized spacial score (nSPS) is 17.7. The predicted molar refractivity (Wildman–Crippen MR) is 88.3 cm³/mol. The van der Waals surface area contributed by atoms with Crippen LogP contribution in [0.3, 0.4) is 0 Å². The fourth-order valence-corrected chi connectivity index (χ4v) is 3.86. The molecule has 0 bridgehead atoms. The van der Waals surface area contributed by atoms with Crippen molar-refractivity contribution in [1.29, 1.82) is 0 Å². The van der Waals surface area contributed by atoms with E-state index in [0.29, 0.717) is 25.5 Å². The van der Waals surface area contributed by atoms with Crippen LogP contribution in [0.1, 0.15) is 19.5 Å². The zero-order valence-electron chi connectivity index (χ0n) is 13.2. The molecule has 0 radical (unpaired) electrons. The molecule has 1 atom stereocenters. The minimum atomic E-state index is -0.292. The van der Waals surface area contributed by atoms with Crippen LogP contribution in [-0.4, -0.2) is 60.1 Å². The molecule has 0 aliphatic carbocycles. The molecule has 1 saturated heterocycles. The number of nitrogens with zero attached hydrogens (tertiary/aromatic N) is 2. The third-order valence-electron chi connectivity index (χ3n) is 3.07. The number of aromatic nitrogens is 1. The number of esters is 1. The molecule has 9 heteroatoms. The van der Waals surface area contributed by atoms with Crippen LogP contribution in [-0.2, 0) is 25.5 Å². The number of nitrogens with one attached hydrogen (secondary N) is 1. The molecular weight excluding hydrogens is 338 g/mol. The van der Waals surface area contributed by atoms with Gasteiger partial charge in [-0.3, -0.25) is 13.9 Å². The lowest BCUT2D eigenvalue weighted by molar-refractivity contribution is -0.142. The van der Waals surface area contributed by atoms with Crippen molar-refractivity contribution in [2.45, 2.75) is 30.7 Å². The molecule has 1 amide bonds. The number of carbonyl (C=O) groups is 2. The summed E-state index contributed by atoms with van der Waals surface area (Å²) in [5.41, 5.74) is 0.662. The highest BCUT2D eigenvalue weighted by molar-refractivity contribution is 7.99. The second-order valence-electron chi connectivity index (χ2n) is 4.95. The van der Waals surface area contributed by atoms with Gasteiger partial charge in [-0.25, -0.2) is 4.98 Å². The Morgan fingerprint density at radius 2 is 2.43 bits per heavy atom. The quantitative estimate of drug-likeness (QED) is 0.576. The van der Waals surface area contributed by atoms with Crippen molar-refractivity contribution in [1.82, 2.24) is 14.6 Å². The largest absolute Gasteiger partial charge is 0.466 e. The highest BCUT2D eigenvalue weighted by Gasteiger charge is 2.21. The van der Waals surface area contributed by atoms with Gasteiger partial charge in [-0.1, -0.05) is 0 Å². The number of carbonyl (C=O) groups excluding carboxylic acids is 2. The second kappa shape index (κ2) is 9.21. The van der Waals surface area contributed by atoms with Crippen molar-refractivity contribution in [2.75, 3.05) is 32.8 Å². The lowest BCUT2D eigenvalue weighted by atomic mass is 10.3. The molecule has 0 saturated carbocycles. The standard InChI is InChI=1S/C14H21N3O4S2/c1-3-20-13(19)6-11-9-22-14(16-11)23-17(10(2)18)8-12-7-15-4-5-21-12/h9,12,15H,3-8H2,1-2H3. The third-order valence-corrected chi connectivity index (χ3v) is 5.14. The third kappa shape index (κ3) is 6.09. The van der Waals surface area contributed by atoms with E-state index in [2.05, 4.69) is 10.3 Å². The first-order valence-electron chi connectivity index (χ1n) is 7.47. The van der Waals surface area contributed by atoms with Gasteiger partial charge in [-0.2, -0.15) is 0 Å². The Bertz CT molecular complexity index is 532. The summed E-state index contributed by atoms with van der Waals surface area (Å²) in [6, 6.07) is 0. The predicted octanol–water partition coefficient (Wildman–Crippen LogP) is 1.09. The maximum Gasteiger partial charge on any atom is 0.311 e. The Hall–Kier alpha value is -1.16. The fraction of sp³-hybridized carbons (Fsp3) is 0.643. The molecule has 128 valence electrons. The number of morpholine rings is 1. The van der Waals surface area contributed by atoms with Gasteiger partial charge in [-0.15, -0.1) is 11.3 Å². The molecule has 2 heterocycles. The molecule has 2 rings (SSSR count). The van der Waals surface area contributed by atoms with Crippen molar-refractivity contribution >= 4 is 35.2 Å². The van der Waals surface area contributed by atoms with Gasteiger partial charge >= 0.3 is 5.97 Å². The van der Waals surface area contributed by atoms with Gasteiger partial charge in [0, 0.05) is 37.3 Å². The van der Waals surface area contributed by atoms with E-state index in [-0.39, 0.29) is 24.4 Å². The van der Waals surface area contributed by atoms with Crippen LogP contribution in [0.4, 0.5) is 0 Å². The van der Waals surface area contributed by atoms with E-state index in [0.717, 1.165) is 17.4 Å². The monoisotopic (exact) mass is 359 g/mol. The molecule has 1 unspecified atom stereocenters. The summed E-state index contributed by atoms with van der Waals surface area (Å²) in [4.78, 5) is 27.7. The van der Waals surface area contributed by atoms with Crippen molar-refractivity contribution in [2.24, 2.45) is 0 Å². The van der Waals surface area contributed by atoms with Crippen molar-refractivity contribution in [3.8, 4) is 0 Å². The smallest absolute Gasteiger partial charge is 0.311 e. The van der Waals surface area contributed by atoms with Crippen molar-refractivity contribution in [3.05, 3.63) is 11.1 Å². The summed E-state index contributed by atoms with van der Waals surface area (Å²) in [6.45, 7) is 6.38. The fourth-order valence-electron chi connectivity index (χ4n) is 2.02. The highest BCUT2D eigenvalue weighted by atomic mass is 32.2. The van der Waals surface area contributed by atoms with Crippen molar-refractivity contribution in [3.63, 3.8) is 0 Å². The van der Waals surface area contributed by atoms with Gasteiger partial charge in [-0.05, 0) is 6.92 Å². The number of amides is 1. The average Bonchev–Trinajstić information content (AvgIpc) is 2.95. The summed E-state index contributed by atoms with van der Waals surface area (Å²) in [7, 11) is 0. The molecule has 0 spiro atoms. The maximum atomic E-state index is 11.8. The topological polar surface area (TPSA) is 80.8 Å². The van der Waals surface area contributed by atoms with Crippen LogP contribution in [0.2, 0.25) is 0 Å². The molecule has 1 aliphatic rings. The van der Waals surface area contributed by atoms with E-state index in [1.165, 1.54) is 30.2 Å². The number of thiazole rings is 1. The molecule has 1 N–H and O–H groups in total. The van der Waals surface area contributed by atoms with Gasteiger partial charge in [0.15, 0.2) is 4.34 Å². The van der Waals surface area contributed by atoms with Gasteiger partial charge < -0.3 is 14.8 Å². The molecule has 1 fully saturated rings. The molecule has 0 aromatic carbocycles. The SMILES string of the molecule is CCOC(=O)Cc1csc(SN(CC2CNCCO2)C(C)=O)n1. The minimum Gasteiger partial charge on any atom is -0.466 e. The van der Waals surface area contributed by atoms with Gasteiger partial charge in [0.25, 0.3) is 0 Å². The van der Waals surface area contributed by atoms with Crippen molar-refractivity contribution < 1.29 is 19.1 Å². The van der Waals surface area contributed by atoms with Crippen LogP contribution < -0.4 is 5.32 Å². The second-order valence-corrected chi connectivity index (χ2v) is 7.08. The molecule has 7 nitrogen and oxygen atoms in total. The Morgan fingerprint density at radius 1 is 1.61 bits per heavy atom.